The fraction of sp³-hybridized carbons (Fsp3) is 0. The molecule has 0 fully saturated rings. The van der Waals surface area contributed by atoms with Gasteiger partial charge in [0.25, 0.3) is 0 Å². The SMILES string of the molecule is [CH3-].[O]=[Mn]=[O].[Zn]. The Hall–Kier alpha value is 0.743. The van der Waals surface area contributed by atoms with E-state index in [0.717, 1.165) is 0 Å². The van der Waals surface area contributed by atoms with Gasteiger partial charge < -0.3 is 7.43 Å². The van der Waals surface area contributed by atoms with Crippen LogP contribution in [0.3, 0.4) is 0 Å². The van der Waals surface area contributed by atoms with Gasteiger partial charge in [-0.2, -0.15) is 0 Å². The molecule has 4 heteroatoms. The quantitative estimate of drug-likeness (QED) is 0.382. The van der Waals surface area contributed by atoms with Crippen LogP contribution >= 0.6 is 0 Å². The molecule has 0 atom stereocenters. The predicted molar refractivity (Wildman–Crippen MR) is 7.79 cm³/mol. The van der Waals surface area contributed by atoms with Gasteiger partial charge in [0.1, 0.15) is 0 Å². The Balaban J connectivity index is -0.0000000200. The van der Waals surface area contributed by atoms with Gasteiger partial charge >= 0.3 is 22.5 Å². The van der Waals surface area contributed by atoms with Gasteiger partial charge in [-0.25, -0.2) is 0 Å². The third-order valence-corrected chi connectivity index (χ3v) is 0. The first-order valence-corrected chi connectivity index (χ1v) is 1.27. The second-order valence-electron chi connectivity index (χ2n) is 0.0630. The van der Waals surface area contributed by atoms with Crippen LogP contribution in [-0.2, 0) is 42.0 Å². The summed E-state index contributed by atoms with van der Waals surface area (Å²) in [5, 5.41) is 0. The molecule has 0 radical (unpaired) electrons. The summed E-state index contributed by atoms with van der Waals surface area (Å²) in [5.74, 6) is 0. The van der Waals surface area contributed by atoms with Crippen LogP contribution in [0.25, 0.3) is 0 Å². The molecule has 0 aliphatic rings. The van der Waals surface area contributed by atoms with E-state index in [2.05, 4.69) is 0 Å². The fourth-order valence-corrected chi connectivity index (χ4v) is 0. The molecule has 0 saturated carbocycles. The number of hydrogen-bond acceptors (Lipinski definition) is 2. The minimum absolute atomic E-state index is 0. The van der Waals surface area contributed by atoms with Crippen molar-refractivity contribution in [1.82, 2.24) is 0 Å². The summed E-state index contributed by atoms with van der Waals surface area (Å²) < 4.78 is 16.8. The van der Waals surface area contributed by atoms with Crippen LogP contribution in [0.4, 0.5) is 0 Å². The Bertz CT molecular complexity index is 30.6. The average molecular weight is 167 g/mol. The molecule has 0 spiro atoms. The third-order valence-electron chi connectivity index (χ3n) is 0. The van der Waals surface area contributed by atoms with Crippen molar-refractivity contribution >= 4 is 0 Å². The van der Waals surface area contributed by atoms with E-state index in [1.54, 1.807) is 0 Å². The van der Waals surface area contributed by atoms with Crippen LogP contribution in [0.1, 0.15) is 0 Å². The molecular weight excluding hydrogens is 164 g/mol. The van der Waals surface area contributed by atoms with Crippen molar-refractivity contribution < 1.29 is 42.0 Å². The predicted octanol–water partition coefficient (Wildman–Crippen LogP) is 0.208. The zero-order chi connectivity index (χ0) is 2.71. The summed E-state index contributed by atoms with van der Waals surface area (Å²) in [7, 11) is 0. The fourth-order valence-electron chi connectivity index (χ4n) is 0. The average Bonchev–Trinajstić information content (AvgIpc) is 0.918. The van der Waals surface area contributed by atoms with E-state index in [4.69, 9.17) is 7.67 Å². The van der Waals surface area contributed by atoms with Crippen LogP contribution in [0.15, 0.2) is 0 Å². The third kappa shape index (κ3) is 64.7. The molecule has 0 unspecified atom stereocenters. The Labute approximate surface area is 49.6 Å². The van der Waals surface area contributed by atoms with Gasteiger partial charge in [-0.15, -0.1) is 0 Å². The molecule has 2 nitrogen and oxygen atoms in total. The molecule has 0 rings (SSSR count). The molecule has 0 aromatic rings. The summed E-state index contributed by atoms with van der Waals surface area (Å²) in [6.45, 7) is 0. The molecule has 0 saturated heterocycles. The second kappa shape index (κ2) is 21.9. The van der Waals surface area contributed by atoms with Gasteiger partial charge in [0.05, 0.1) is 0 Å². The first-order valence-electron chi connectivity index (χ1n) is 0.309. The van der Waals surface area contributed by atoms with Gasteiger partial charge in [-0.3, -0.25) is 0 Å². The van der Waals surface area contributed by atoms with Gasteiger partial charge in [-0.05, 0) is 0 Å². The van der Waals surface area contributed by atoms with Crippen molar-refractivity contribution in [1.29, 1.82) is 0 Å². The van der Waals surface area contributed by atoms with Crippen LogP contribution in [0.2, 0.25) is 0 Å². The summed E-state index contributed by atoms with van der Waals surface area (Å²) in [6, 6.07) is 0. The number of rotatable bonds is 0. The summed E-state index contributed by atoms with van der Waals surface area (Å²) >= 11 is -1.44. The van der Waals surface area contributed by atoms with Crippen LogP contribution in [-0.4, -0.2) is 0 Å². The van der Waals surface area contributed by atoms with Crippen molar-refractivity contribution in [2.75, 3.05) is 0 Å². The van der Waals surface area contributed by atoms with Crippen molar-refractivity contribution in [3.05, 3.63) is 7.43 Å². The van der Waals surface area contributed by atoms with Gasteiger partial charge in [-0.1, -0.05) is 0 Å². The Kier molecular flexibility index (Phi) is 75.1. The Morgan fingerprint density at radius 3 is 1.20 bits per heavy atom. The molecular formula is CH3MnO2Zn-. The molecule has 0 aromatic carbocycles. The van der Waals surface area contributed by atoms with Crippen molar-refractivity contribution in [3.63, 3.8) is 0 Å². The van der Waals surface area contributed by atoms with E-state index in [1.165, 1.54) is 0 Å². The standard InChI is InChI=1S/CH3.Mn.2O.Zn/h1H3;;;;/q-1;;;;. The van der Waals surface area contributed by atoms with Crippen molar-refractivity contribution in [3.8, 4) is 0 Å². The first kappa shape index (κ1) is 17.2. The molecule has 0 heterocycles. The maximum atomic E-state index is 8.41. The minimum Gasteiger partial charge on any atom is 0 e. The Morgan fingerprint density at radius 2 is 1.20 bits per heavy atom. The van der Waals surface area contributed by atoms with E-state index >= 15 is 0 Å². The smallest absolute Gasteiger partial charge is 0 e. The van der Waals surface area contributed by atoms with E-state index in [0.29, 0.717) is 0 Å². The molecule has 29 valence electrons. The summed E-state index contributed by atoms with van der Waals surface area (Å²) in [4.78, 5) is 0. The van der Waals surface area contributed by atoms with Crippen molar-refractivity contribution in [2.45, 2.75) is 0 Å². The van der Waals surface area contributed by atoms with E-state index in [1.807, 2.05) is 0 Å². The van der Waals surface area contributed by atoms with Crippen LogP contribution < -0.4 is 0 Å². The maximum absolute atomic E-state index is 8.41. The molecule has 0 aromatic heterocycles. The summed E-state index contributed by atoms with van der Waals surface area (Å²) in [5.41, 5.74) is 0. The Morgan fingerprint density at radius 1 is 1.20 bits per heavy atom. The molecule has 0 amide bonds. The number of hydrogen-bond donors (Lipinski definition) is 0. The molecule has 5 heavy (non-hydrogen) atoms. The minimum atomic E-state index is -1.44. The van der Waals surface area contributed by atoms with Gasteiger partial charge in [0.2, 0.25) is 0 Å². The van der Waals surface area contributed by atoms with E-state index in [-0.39, 0.29) is 26.9 Å². The molecule has 0 aliphatic heterocycles. The zero-order valence-corrected chi connectivity index (χ0v) is 7.05. The first-order chi connectivity index (χ1) is 1.41. The molecule has 0 bridgehead atoms. The molecule has 0 aliphatic carbocycles. The van der Waals surface area contributed by atoms with Gasteiger partial charge in [0, 0.05) is 19.5 Å². The normalized spacial score (nSPS) is 2.40. The maximum Gasteiger partial charge on any atom is 0 e. The van der Waals surface area contributed by atoms with Gasteiger partial charge in [0.15, 0.2) is 0 Å². The monoisotopic (exact) mass is 166 g/mol. The van der Waals surface area contributed by atoms with Crippen LogP contribution in [0, 0.1) is 7.43 Å². The van der Waals surface area contributed by atoms with Crippen molar-refractivity contribution in [2.24, 2.45) is 0 Å². The molecule has 0 N–H and O–H groups in total. The second-order valence-corrected chi connectivity index (χ2v) is 0.260. The van der Waals surface area contributed by atoms with E-state index in [9.17, 15) is 0 Å². The topological polar surface area (TPSA) is 34.1 Å². The zero-order valence-electron chi connectivity index (χ0n) is 2.90. The largest absolute Gasteiger partial charge is 0 e. The summed E-state index contributed by atoms with van der Waals surface area (Å²) in [6.07, 6.45) is 0. The van der Waals surface area contributed by atoms with Crippen LogP contribution in [0.5, 0.6) is 0 Å². The van der Waals surface area contributed by atoms with E-state index < -0.39 is 14.8 Å².